The standard InChI is InChI=1S/C9H18N2O2S/c1-14(2,13)11-9(12)7-5-3-4-6-8(7)10/h7-8H,3-6,10H2,1-2H3. The molecule has 0 bridgehead atoms. The van der Waals surface area contributed by atoms with Crippen LogP contribution in [0.15, 0.2) is 4.36 Å². The van der Waals surface area contributed by atoms with Gasteiger partial charge in [-0.25, -0.2) is 4.21 Å². The van der Waals surface area contributed by atoms with Crippen molar-refractivity contribution in [2.75, 3.05) is 12.5 Å². The third-order valence-corrected chi connectivity index (χ3v) is 3.07. The number of hydrogen-bond acceptors (Lipinski definition) is 3. The smallest absolute Gasteiger partial charge is 0.258 e. The van der Waals surface area contributed by atoms with Crippen molar-refractivity contribution >= 4 is 15.6 Å². The molecule has 5 heteroatoms. The molecule has 0 aliphatic heterocycles. The lowest BCUT2D eigenvalue weighted by Gasteiger charge is -2.25. The number of nitrogens with two attached hydrogens (primary N) is 1. The van der Waals surface area contributed by atoms with Crippen molar-refractivity contribution in [1.82, 2.24) is 0 Å². The largest absolute Gasteiger partial charge is 0.327 e. The molecule has 0 saturated heterocycles. The molecule has 1 amide bonds. The van der Waals surface area contributed by atoms with Gasteiger partial charge in [-0.1, -0.05) is 12.8 Å². The Labute approximate surface area is 85.4 Å². The second kappa shape index (κ2) is 4.40. The average molecular weight is 218 g/mol. The van der Waals surface area contributed by atoms with Crippen molar-refractivity contribution in [1.29, 1.82) is 0 Å². The number of amides is 1. The summed E-state index contributed by atoms with van der Waals surface area (Å²) in [6.07, 6.45) is 6.71. The van der Waals surface area contributed by atoms with Gasteiger partial charge >= 0.3 is 0 Å². The molecule has 4 nitrogen and oxygen atoms in total. The Balaban J connectivity index is 2.74. The zero-order chi connectivity index (χ0) is 10.8. The minimum Gasteiger partial charge on any atom is -0.327 e. The summed E-state index contributed by atoms with van der Waals surface area (Å²) in [6.45, 7) is 0. The molecule has 2 atom stereocenters. The SMILES string of the molecule is CS(C)(=O)=NC(=O)C1CCCCC1N. The number of rotatable bonds is 1. The van der Waals surface area contributed by atoms with Crippen molar-refractivity contribution in [2.24, 2.45) is 16.0 Å². The molecule has 0 aromatic rings. The molecule has 1 aliphatic rings. The summed E-state index contributed by atoms with van der Waals surface area (Å²) >= 11 is 0. The van der Waals surface area contributed by atoms with Gasteiger partial charge in [-0.3, -0.25) is 4.79 Å². The van der Waals surface area contributed by atoms with Gasteiger partial charge in [0.2, 0.25) is 0 Å². The van der Waals surface area contributed by atoms with Gasteiger partial charge in [0.1, 0.15) is 0 Å². The van der Waals surface area contributed by atoms with E-state index in [1.54, 1.807) is 0 Å². The van der Waals surface area contributed by atoms with E-state index < -0.39 is 9.73 Å². The predicted molar refractivity (Wildman–Crippen MR) is 57.4 cm³/mol. The van der Waals surface area contributed by atoms with Gasteiger partial charge in [0.05, 0.1) is 5.92 Å². The average Bonchev–Trinajstić information content (AvgIpc) is 2.01. The molecule has 2 unspecified atom stereocenters. The van der Waals surface area contributed by atoms with Crippen LogP contribution in [0.4, 0.5) is 0 Å². The van der Waals surface area contributed by atoms with E-state index in [0.717, 1.165) is 25.7 Å². The second-order valence-electron chi connectivity index (χ2n) is 4.17. The number of nitrogens with zero attached hydrogens (tertiary/aromatic N) is 1. The maximum Gasteiger partial charge on any atom is 0.258 e. The van der Waals surface area contributed by atoms with Gasteiger partial charge in [0.15, 0.2) is 0 Å². The topological polar surface area (TPSA) is 72.5 Å². The number of hydrogen-bond donors (Lipinski definition) is 1. The Morgan fingerprint density at radius 3 is 2.43 bits per heavy atom. The predicted octanol–water partition coefficient (Wildman–Crippen LogP) is 0.758. The first-order chi connectivity index (χ1) is 6.40. The maximum absolute atomic E-state index is 11.6. The molecule has 2 N–H and O–H groups in total. The van der Waals surface area contributed by atoms with E-state index in [4.69, 9.17) is 5.73 Å². The molecule has 0 aromatic heterocycles. The van der Waals surface area contributed by atoms with E-state index in [0.29, 0.717) is 0 Å². The summed E-state index contributed by atoms with van der Waals surface area (Å²) in [5.41, 5.74) is 5.83. The Bertz CT molecular complexity index is 324. The van der Waals surface area contributed by atoms with Gasteiger partial charge in [-0.2, -0.15) is 4.36 Å². The molecule has 82 valence electrons. The summed E-state index contributed by atoms with van der Waals surface area (Å²) in [5.74, 6) is -0.475. The van der Waals surface area contributed by atoms with Gasteiger partial charge in [0, 0.05) is 28.3 Å². The van der Waals surface area contributed by atoms with Gasteiger partial charge in [-0.05, 0) is 12.8 Å². The van der Waals surface area contributed by atoms with E-state index in [1.165, 1.54) is 12.5 Å². The lowest BCUT2D eigenvalue weighted by molar-refractivity contribution is -0.122. The Morgan fingerprint density at radius 1 is 1.36 bits per heavy atom. The number of carbonyl (C=O) groups is 1. The van der Waals surface area contributed by atoms with Crippen molar-refractivity contribution < 1.29 is 9.00 Å². The number of carbonyl (C=O) groups excluding carboxylic acids is 1. The van der Waals surface area contributed by atoms with Crippen LogP contribution in [0.3, 0.4) is 0 Å². The molecule has 14 heavy (non-hydrogen) atoms. The van der Waals surface area contributed by atoms with E-state index in [-0.39, 0.29) is 17.9 Å². The van der Waals surface area contributed by atoms with Crippen LogP contribution in [-0.4, -0.2) is 28.7 Å². The minimum absolute atomic E-state index is 0.0956. The van der Waals surface area contributed by atoms with Crippen LogP contribution in [0.1, 0.15) is 25.7 Å². The van der Waals surface area contributed by atoms with Crippen molar-refractivity contribution in [3.8, 4) is 0 Å². The third kappa shape index (κ3) is 3.38. The molecular weight excluding hydrogens is 200 g/mol. The molecule has 1 saturated carbocycles. The fourth-order valence-corrected chi connectivity index (χ4v) is 2.32. The Morgan fingerprint density at radius 2 is 1.93 bits per heavy atom. The van der Waals surface area contributed by atoms with Crippen LogP contribution < -0.4 is 5.73 Å². The lowest BCUT2D eigenvalue weighted by Crippen LogP contribution is -2.37. The fraction of sp³-hybridized carbons (Fsp3) is 0.889. The van der Waals surface area contributed by atoms with E-state index in [2.05, 4.69) is 4.36 Å². The highest BCUT2D eigenvalue weighted by Crippen LogP contribution is 2.24. The molecule has 0 radical (unpaired) electrons. The summed E-state index contributed by atoms with van der Waals surface area (Å²) in [7, 11) is -2.33. The molecule has 0 aromatic carbocycles. The molecule has 1 aliphatic carbocycles. The summed E-state index contributed by atoms with van der Waals surface area (Å²) in [4.78, 5) is 11.6. The molecule has 1 fully saturated rings. The monoisotopic (exact) mass is 218 g/mol. The Hall–Kier alpha value is -0.420. The van der Waals surface area contributed by atoms with Crippen molar-refractivity contribution in [3.63, 3.8) is 0 Å². The van der Waals surface area contributed by atoms with Crippen LogP contribution in [-0.2, 0) is 14.5 Å². The van der Waals surface area contributed by atoms with E-state index in [1.807, 2.05) is 0 Å². The van der Waals surface area contributed by atoms with E-state index >= 15 is 0 Å². The van der Waals surface area contributed by atoms with Crippen LogP contribution in [0.25, 0.3) is 0 Å². The second-order valence-corrected chi connectivity index (χ2v) is 6.71. The van der Waals surface area contributed by atoms with Gasteiger partial charge in [0.25, 0.3) is 5.91 Å². The highest BCUT2D eigenvalue weighted by atomic mass is 32.2. The highest BCUT2D eigenvalue weighted by molar-refractivity contribution is 7.92. The first-order valence-corrected chi connectivity index (χ1v) is 7.20. The fourth-order valence-electron chi connectivity index (χ4n) is 1.75. The van der Waals surface area contributed by atoms with Crippen LogP contribution in [0.2, 0.25) is 0 Å². The lowest BCUT2D eigenvalue weighted by atomic mass is 9.85. The van der Waals surface area contributed by atoms with Crippen LogP contribution in [0, 0.1) is 5.92 Å². The Kier molecular flexibility index (Phi) is 3.66. The molecule has 0 spiro atoms. The third-order valence-electron chi connectivity index (χ3n) is 2.45. The zero-order valence-electron chi connectivity index (χ0n) is 8.73. The maximum atomic E-state index is 11.6. The summed E-state index contributed by atoms with van der Waals surface area (Å²) in [5, 5.41) is 0. The van der Waals surface area contributed by atoms with E-state index in [9.17, 15) is 9.00 Å². The first-order valence-electron chi connectivity index (χ1n) is 4.87. The van der Waals surface area contributed by atoms with Crippen LogP contribution >= 0.6 is 0 Å². The van der Waals surface area contributed by atoms with Crippen molar-refractivity contribution in [3.05, 3.63) is 0 Å². The zero-order valence-corrected chi connectivity index (χ0v) is 9.55. The first kappa shape index (κ1) is 11.7. The molecule has 0 heterocycles. The summed E-state index contributed by atoms with van der Waals surface area (Å²) < 4.78 is 15.0. The quantitative estimate of drug-likeness (QED) is 0.706. The van der Waals surface area contributed by atoms with Crippen molar-refractivity contribution in [2.45, 2.75) is 31.7 Å². The van der Waals surface area contributed by atoms with Crippen LogP contribution in [0.5, 0.6) is 0 Å². The minimum atomic E-state index is -2.33. The van der Waals surface area contributed by atoms with Gasteiger partial charge in [-0.15, -0.1) is 0 Å². The summed E-state index contributed by atoms with van der Waals surface area (Å²) in [6, 6.07) is -0.0956. The van der Waals surface area contributed by atoms with Gasteiger partial charge < -0.3 is 5.73 Å². The highest BCUT2D eigenvalue weighted by Gasteiger charge is 2.28. The normalized spacial score (nSPS) is 28.5. The molecule has 1 rings (SSSR count). The molecular formula is C9H18N2O2S.